The first-order valence-electron chi connectivity index (χ1n) is 13.7. The van der Waals surface area contributed by atoms with Crippen LogP contribution in [0.2, 0.25) is 0 Å². The van der Waals surface area contributed by atoms with E-state index in [-0.39, 0.29) is 23.5 Å². The van der Waals surface area contributed by atoms with E-state index in [0.29, 0.717) is 62.2 Å². The van der Waals surface area contributed by atoms with Crippen LogP contribution >= 0.6 is 0 Å². The van der Waals surface area contributed by atoms with E-state index in [1.807, 2.05) is 6.92 Å². The first-order valence-corrected chi connectivity index (χ1v) is 13.7. The lowest BCUT2D eigenvalue weighted by atomic mass is 9.79. The van der Waals surface area contributed by atoms with Crippen molar-refractivity contribution in [2.24, 2.45) is 0 Å². The molecule has 2 aliphatic rings. The minimum absolute atomic E-state index is 0.0126. The lowest BCUT2D eigenvalue weighted by Gasteiger charge is -2.31. The lowest BCUT2D eigenvalue weighted by molar-refractivity contribution is 0.0189. The van der Waals surface area contributed by atoms with Crippen LogP contribution in [0.3, 0.4) is 0 Å². The molecule has 0 spiro atoms. The highest BCUT2D eigenvalue weighted by Gasteiger charge is 2.31. The third-order valence-corrected chi connectivity index (χ3v) is 7.80. The molecule has 0 radical (unpaired) electrons. The minimum atomic E-state index is -0.757. The molecule has 4 nitrogen and oxygen atoms in total. The number of esters is 1. The van der Waals surface area contributed by atoms with E-state index in [1.54, 1.807) is 18.2 Å². The Balaban J connectivity index is 1.31. The third-order valence-electron chi connectivity index (χ3n) is 7.80. The summed E-state index contributed by atoms with van der Waals surface area (Å²) >= 11 is 0. The van der Waals surface area contributed by atoms with E-state index in [0.717, 1.165) is 25.7 Å². The van der Waals surface area contributed by atoms with Crippen LogP contribution in [0.25, 0.3) is 0 Å². The Morgan fingerprint density at radius 2 is 1.47 bits per heavy atom. The first-order chi connectivity index (χ1) is 18.4. The van der Waals surface area contributed by atoms with E-state index in [9.17, 15) is 9.18 Å². The predicted octanol–water partition coefficient (Wildman–Crippen LogP) is 8.00. The van der Waals surface area contributed by atoms with Gasteiger partial charge in [0, 0.05) is 12.7 Å². The molecule has 0 atom stereocenters. The van der Waals surface area contributed by atoms with Crippen molar-refractivity contribution in [2.45, 2.75) is 88.8 Å². The van der Waals surface area contributed by atoms with Gasteiger partial charge in [0.1, 0.15) is 17.7 Å². The molecular formula is C31H37F3O4. The van der Waals surface area contributed by atoms with E-state index in [1.165, 1.54) is 18.2 Å². The molecule has 2 saturated carbocycles. The second-order valence-electron chi connectivity index (χ2n) is 10.2. The van der Waals surface area contributed by atoms with Gasteiger partial charge in [-0.1, -0.05) is 18.2 Å². The molecule has 0 bridgehead atoms. The van der Waals surface area contributed by atoms with Crippen LogP contribution in [0.1, 0.15) is 98.0 Å². The number of halogens is 3. The quantitative estimate of drug-likeness (QED) is 0.177. The number of hydrogen-bond acceptors (Lipinski definition) is 4. The highest BCUT2D eigenvalue weighted by Crippen LogP contribution is 2.40. The van der Waals surface area contributed by atoms with Crippen molar-refractivity contribution in [1.82, 2.24) is 0 Å². The largest absolute Gasteiger partial charge is 0.493 e. The molecule has 0 N–H and O–H groups in total. The van der Waals surface area contributed by atoms with Crippen molar-refractivity contribution in [2.75, 3.05) is 13.2 Å². The number of carbonyl (C=O) groups excluding carboxylic acids is 1. The van der Waals surface area contributed by atoms with Crippen LogP contribution < -0.4 is 4.74 Å². The van der Waals surface area contributed by atoms with Gasteiger partial charge in [-0.05, 0) is 99.8 Å². The fourth-order valence-corrected chi connectivity index (χ4v) is 5.70. The maximum absolute atomic E-state index is 15.2. The average molecular weight is 531 g/mol. The van der Waals surface area contributed by atoms with Crippen LogP contribution in [0, 0.1) is 17.5 Å². The monoisotopic (exact) mass is 530 g/mol. The maximum Gasteiger partial charge on any atom is 0.341 e. The topological polar surface area (TPSA) is 44.8 Å². The van der Waals surface area contributed by atoms with Crippen molar-refractivity contribution in [3.8, 4) is 5.75 Å². The normalized spacial score (nSPS) is 23.6. The zero-order chi connectivity index (χ0) is 27.1. The van der Waals surface area contributed by atoms with Crippen LogP contribution in [0.4, 0.5) is 13.2 Å². The fourth-order valence-electron chi connectivity index (χ4n) is 5.70. The Bertz CT molecular complexity index is 1100. The zero-order valence-corrected chi connectivity index (χ0v) is 22.0. The van der Waals surface area contributed by atoms with Crippen molar-refractivity contribution in [1.29, 1.82) is 0 Å². The minimum Gasteiger partial charge on any atom is -0.493 e. The lowest BCUT2D eigenvalue weighted by Crippen LogP contribution is -2.25. The molecule has 0 amide bonds. The van der Waals surface area contributed by atoms with Crippen molar-refractivity contribution < 1.29 is 32.2 Å². The van der Waals surface area contributed by atoms with Gasteiger partial charge >= 0.3 is 5.97 Å². The van der Waals surface area contributed by atoms with Crippen LogP contribution in [0.15, 0.2) is 43.0 Å². The molecule has 0 heterocycles. The van der Waals surface area contributed by atoms with E-state index >= 15 is 8.78 Å². The molecule has 2 aliphatic carbocycles. The van der Waals surface area contributed by atoms with Crippen molar-refractivity contribution in [3.63, 3.8) is 0 Å². The number of hydrogen-bond donors (Lipinski definition) is 0. The second kappa shape index (κ2) is 13.3. The summed E-state index contributed by atoms with van der Waals surface area (Å²) in [6.45, 7) is 6.62. The van der Waals surface area contributed by atoms with Gasteiger partial charge in [0.05, 0.1) is 18.3 Å². The van der Waals surface area contributed by atoms with E-state index in [4.69, 9.17) is 14.2 Å². The van der Waals surface area contributed by atoms with Crippen molar-refractivity contribution in [3.05, 3.63) is 77.1 Å². The molecule has 0 aromatic heterocycles. The van der Waals surface area contributed by atoms with Gasteiger partial charge in [0.2, 0.25) is 0 Å². The summed E-state index contributed by atoms with van der Waals surface area (Å²) in [4.78, 5) is 12.6. The standard InChI is InChI=1S/C31H37F3O4/c1-3-5-18-37-24-14-15-27(28(32)19-24)31(35)38-23-12-8-21(9-13-23)26-17-16-25(29(33)30(26)34)20-6-10-22(11-7-20)36-4-2/h3,14-17,19-23H,1,4-13,18H2,2H3. The first kappa shape index (κ1) is 28.2. The number of ether oxygens (including phenoxy) is 3. The highest BCUT2D eigenvalue weighted by atomic mass is 19.2. The molecule has 206 valence electrons. The van der Waals surface area contributed by atoms with Crippen LogP contribution in [-0.4, -0.2) is 31.4 Å². The molecule has 0 unspecified atom stereocenters. The molecule has 4 rings (SSSR count). The van der Waals surface area contributed by atoms with Gasteiger partial charge < -0.3 is 14.2 Å². The summed E-state index contributed by atoms with van der Waals surface area (Å²) in [5.74, 6) is -2.73. The van der Waals surface area contributed by atoms with Gasteiger partial charge in [0.25, 0.3) is 0 Å². The molecule has 2 aromatic rings. The Kier molecular flexibility index (Phi) is 9.89. The summed E-state index contributed by atoms with van der Waals surface area (Å²) < 4.78 is 61.4. The molecular weight excluding hydrogens is 493 g/mol. The Morgan fingerprint density at radius 3 is 2.00 bits per heavy atom. The summed E-state index contributed by atoms with van der Waals surface area (Å²) in [6, 6.07) is 7.54. The number of rotatable bonds is 10. The number of carbonyl (C=O) groups is 1. The molecule has 38 heavy (non-hydrogen) atoms. The molecule has 0 aliphatic heterocycles. The Hall–Kier alpha value is -2.80. The second-order valence-corrected chi connectivity index (χ2v) is 10.2. The highest BCUT2D eigenvalue weighted by molar-refractivity contribution is 5.90. The SMILES string of the molecule is C=CCCOc1ccc(C(=O)OC2CCC(c3ccc(C4CCC(OCC)CC4)c(F)c3F)CC2)c(F)c1. The average Bonchev–Trinajstić information content (AvgIpc) is 2.92. The van der Waals surface area contributed by atoms with Crippen molar-refractivity contribution >= 4 is 5.97 Å². The predicted molar refractivity (Wildman–Crippen MR) is 140 cm³/mol. The summed E-state index contributed by atoms with van der Waals surface area (Å²) in [5.41, 5.74) is 0.697. The van der Waals surface area contributed by atoms with E-state index < -0.39 is 29.5 Å². The Morgan fingerprint density at radius 1 is 0.895 bits per heavy atom. The molecule has 2 fully saturated rings. The molecule has 0 saturated heterocycles. The molecule has 7 heteroatoms. The third kappa shape index (κ3) is 6.79. The van der Waals surface area contributed by atoms with Crippen LogP contribution in [-0.2, 0) is 9.47 Å². The smallest absolute Gasteiger partial charge is 0.341 e. The summed E-state index contributed by atoms with van der Waals surface area (Å²) in [6.07, 6.45) is 7.60. The van der Waals surface area contributed by atoms with Gasteiger partial charge in [-0.15, -0.1) is 6.58 Å². The fraction of sp³-hybridized carbons (Fsp3) is 0.516. The van der Waals surface area contributed by atoms with Gasteiger partial charge in [0.15, 0.2) is 11.6 Å². The zero-order valence-electron chi connectivity index (χ0n) is 22.0. The summed E-state index contributed by atoms with van der Waals surface area (Å²) in [5, 5.41) is 0. The molecule has 2 aromatic carbocycles. The van der Waals surface area contributed by atoms with Gasteiger partial charge in [-0.3, -0.25) is 0 Å². The summed E-state index contributed by atoms with van der Waals surface area (Å²) in [7, 11) is 0. The van der Waals surface area contributed by atoms with Gasteiger partial charge in [-0.2, -0.15) is 0 Å². The maximum atomic E-state index is 15.2. The van der Waals surface area contributed by atoms with Crippen LogP contribution in [0.5, 0.6) is 5.75 Å². The van der Waals surface area contributed by atoms with E-state index in [2.05, 4.69) is 6.58 Å². The van der Waals surface area contributed by atoms with Gasteiger partial charge in [-0.25, -0.2) is 18.0 Å². The Labute approximate surface area is 223 Å². The number of benzene rings is 2.